The summed E-state index contributed by atoms with van der Waals surface area (Å²) in [4.78, 5) is 12.3. The van der Waals surface area contributed by atoms with Gasteiger partial charge in [-0.15, -0.1) is 5.10 Å². The molecular formula is C24H23N5O4. The topological polar surface area (TPSA) is 135 Å². The molecule has 1 aliphatic heterocycles. The second-order valence-corrected chi connectivity index (χ2v) is 7.61. The van der Waals surface area contributed by atoms with Crippen molar-refractivity contribution in [1.82, 2.24) is 10.2 Å². The Bertz CT molecular complexity index is 1290. The highest BCUT2D eigenvalue weighted by Crippen LogP contribution is 2.44. The number of methoxy groups -OCH3 is 1. The van der Waals surface area contributed by atoms with Crippen LogP contribution < -0.4 is 25.3 Å². The van der Waals surface area contributed by atoms with Crippen molar-refractivity contribution in [2.75, 3.05) is 19.0 Å². The Kier molecular flexibility index (Phi) is 5.91. The van der Waals surface area contributed by atoms with Gasteiger partial charge in [-0.1, -0.05) is 18.2 Å². The van der Waals surface area contributed by atoms with Crippen molar-refractivity contribution < 1.29 is 19.0 Å². The molecule has 0 aliphatic carbocycles. The first-order valence-corrected chi connectivity index (χ1v) is 10.2. The maximum atomic E-state index is 12.3. The molecule has 4 rings (SSSR count). The number of carbonyl (C=O) groups is 1. The molecule has 2 heterocycles. The Morgan fingerprint density at radius 2 is 2.09 bits per heavy atom. The smallest absolute Gasteiger partial charge is 0.262 e. The fourth-order valence-electron chi connectivity index (χ4n) is 3.78. The number of aromatic amines is 1. The molecule has 0 saturated heterocycles. The Morgan fingerprint density at radius 1 is 1.27 bits per heavy atom. The first kappa shape index (κ1) is 21.8. The average molecular weight is 445 g/mol. The molecule has 9 heteroatoms. The van der Waals surface area contributed by atoms with Gasteiger partial charge in [0.1, 0.15) is 11.6 Å². The van der Waals surface area contributed by atoms with Crippen LogP contribution in [0.4, 0.5) is 5.69 Å². The number of aryl methyl sites for hydroxylation is 2. The van der Waals surface area contributed by atoms with Crippen LogP contribution in [0.1, 0.15) is 28.3 Å². The van der Waals surface area contributed by atoms with E-state index in [2.05, 4.69) is 21.6 Å². The van der Waals surface area contributed by atoms with Crippen molar-refractivity contribution >= 4 is 11.6 Å². The van der Waals surface area contributed by atoms with Gasteiger partial charge in [0.25, 0.3) is 5.91 Å². The second kappa shape index (κ2) is 8.96. The molecule has 1 aromatic heterocycles. The van der Waals surface area contributed by atoms with E-state index in [1.165, 1.54) is 7.11 Å². The first-order valence-electron chi connectivity index (χ1n) is 10.2. The summed E-state index contributed by atoms with van der Waals surface area (Å²) >= 11 is 0. The number of rotatable bonds is 6. The predicted octanol–water partition coefficient (Wildman–Crippen LogP) is 3.27. The predicted molar refractivity (Wildman–Crippen MR) is 121 cm³/mol. The van der Waals surface area contributed by atoms with Crippen molar-refractivity contribution in [2.45, 2.75) is 19.8 Å². The van der Waals surface area contributed by atoms with E-state index in [1.807, 2.05) is 38.1 Å². The summed E-state index contributed by atoms with van der Waals surface area (Å²) in [7, 11) is 1.51. The van der Waals surface area contributed by atoms with Crippen LogP contribution in [0, 0.1) is 25.2 Å². The molecular weight excluding hydrogens is 422 g/mol. The normalized spacial score (nSPS) is 14.7. The highest BCUT2D eigenvalue weighted by Gasteiger charge is 2.34. The van der Waals surface area contributed by atoms with Crippen molar-refractivity contribution in [3.05, 3.63) is 76.3 Å². The van der Waals surface area contributed by atoms with Crippen LogP contribution in [0.5, 0.6) is 17.4 Å². The number of hydrogen-bond donors (Lipinski definition) is 3. The van der Waals surface area contributed by atoms with Gasteiger partial charge >= 0.3 is 0 Å². The number of aromatic nitrogens is 2. The fourth-order valence-corrected chi connectivity index (χ4v) is 3.78. The van der Waals surface area contributed by atoms with E-state index < -0.39 is 5.92 Å². The van der Waals surface area contributed by atoms with E-state index in [0.29, 0.717) is 23.1 Å². The summed E-state index contributed by atoms with van der Waals surface area (Å²) in [6.45, 7) is 3.61. The number of benzene rings is 2. The second-order valence-electron chi connectivity index (χ2n) is 7.61. The lowest BCUT2D eigenvalue weighted by molar-refractivity contribution is -0.118. The number of carbonyl (C=O) groups excluding carboxylic acids is 1. The molecule has 1 atom stereocenters. The summed E-state index contributed by atoms with van der Waals surface area (Å²) < 4.78 is 16.7. The minimum absolute atomic E-state index is 0.00798. The molecule has 168 valence electrons. The van der Waals surface area contributed by atoms with E-state index in [1.54, 1.807) is 18.2 Å². The lowest BCUT2D eigenvalue weighted by Crippen LogP contribution is -2.21. The number of fused-ring (bicyclic) bond motifs is 1. The van der Waals surface area contributed by atoms with Gasteiger partial charge in [-0.3, -0.25) is 9.89 Å². The van der Waals surface area contributed by atoms with Gasteiger partial charge in [-0.05, 0) is 49.2 Å². The summed E-state index contributed by atoms with van der Waals surface area (Å²) in [5.74, 6) is 0.380. The number of nitrogens with one attached hydrogen (secondary N) is 2. The molecule has 33 heavy (non-hydrogen) atoms. The van der Waals surface area contributed by atoms with Gasteiger partial charge in [-0.25, -0.2) is 0 Å². The Morgan fingerprint density at radius 3 is 2.82 bits per heavy atom. The highest BCUT2D eigenvalue weighted by atomic mass is 16.5. The zero-order valence-corrected chi connectivity index (χ0v) is 18.4. The van der Waals surface area contributed by atoms with Crippen LogP contribution in [-0.2, 0) is 4.79 Å². The molecule has 1 aliphatic rings. The number of ether oxygens (including phenoxy) is 3. The van der Waals surface area contributed by atoms with Gasteiger partial charge in [-0.2, -0.15) is 5.26 Å². The first-order chi connectivity index (χ1) is 15.9. The van der Waals surface area contributed by atoms with Gasteiger partial charge in [0.2, 0.25) is 11.8 Å². The fraction of sp³-hybridized carbons (Fsp3) is 0.208. The minimum atomic E-state index is -0.481. The van der Waals surface area contributed by atoms with E-state index >= 15 is 0 Å². The van der Waals surface area contributed by atoms with Crippen LogP contribution in [0.15, 0.2) is 53.9 Å². The van der Waals surface area contributed by atoms with E-state index in [4.69, 9.17) is 19.9 Å². The van der Waals surface area contributed by atoms with Gasteiger partial charge in [0.15, 0.2) is 18.1 Å². The quantitative estimate of drug-likeness (QED) is 0.530. The zero-order valence-electron chi connectivity index (χ0n) is 18.4. The van der Waals surface area contributed by atoms with E-state index in [9.17, 15) is 10.1 Å². The third kappa shape index (κ3) is 4.32. The number of anilines is 1. The van der Waals surface area contributed by atoms with Crippen LogP contribution in [0.3, 0.4) is 0 Å². The Hall–Kier alpha value is -4.45. The number of nitrogens with zero attached hydrogens (tertiary/aromatic N) is 2. The van der Waals surface area contributed by atoms with Gasteiger partial charge in [0.05, 0.1) is 13.0 Å². The average Bonchev–Trinajstić information content (AvgIpc) is 3.16. The number of hydrogen-bond acceptors (Lipinski definition) is 7. The third-order valence-corrected chi connectivity index (χ3v) is 5.31. The molecule has 0 unspecified atom stereocenters. The minimum Gasteiger partial charge on any atom is -0.493 e. The Balaban J connectivity index is 1.57. The molecule has 4 N–H and O–H groups in total. The van der Waals surface area contributed by atoms with E-state index in [-0.39, 0.29) is 24.0 Å². The van der Waals surface area contributed by atoms with Gasteiger partial charge < -0.3 is 25.3 Å². The molecule has 0 spiro atoms. The van der Waals surface area contributed by atoms with E-state index in [0.717, 1.165) is 22.4 Å². The number of amides is 1. The van der Waals surface area contributed by atoms with Crippen LogP contribution in [0.2, 0.25) is 0 Å². The molecule has 0 bridgehead atoms. The number of nitriles is 1. The standard InChI is InChI=1S/C24H23N5O4/c1-13-5-4-6-16(9-13)27-20(30)12-32-18-8-7-15(10-19(18)31-3)22-17(11-25)23(26)33-24-21(22)14(2)28-29-24/h4-10,22H,12,26H2,1-3H3,(H,27,30)(H,28,29)/t22-/m0/s1. The number of nitrogens with two attached hydrogens (primary N) is 1. The zero-order chi connectivity index (χ0) is 23.5. The maximum Gasteiger partial charge on any atom is 0.262 e. The molecule has 3 aromatic rings. The van der Waals surface area contributed by atoms with Crippen molar-refractivity contribution in [3.63, 3.8) is 0 Å². The summed E-state index contributed by atoms with van der Waals surface area (Å²) in [6, 6.07) is 14.9. The molecule has 2 aromatic carbocycles. The third-order valence-electron chi connectivity index (χ3n) is 5.31. The van der Waals surface area contributed by atoms with Crippen molar-refractivity contribution in [1.29, 1.82) is 5.26 Å². The SMILES string of the molecule is COc1cc([C@H]2C(C#N)=C(N)Oc3n[nH]c(C)c32)ccc1OCC(=O)Nc1cccc(C)c1. The van der Waals surface area contributed by atoms with Crippen LogP contribution in [-0.4, -0.2) is 29.8 Å². The monoisotopic (exact) mass is 445 g/mol. The van der Waals surface area contributed by atoms with Gasteiger partial charge in [0, 0.05) is 16.9 Å². The summed E-state index contributed by atoms with van der Waals surface area (Å²) in [5, 5.41) is 19.5. The molecule has 1 amide bonds. The largest absolute Gasteiger partial charge is 0.493 e. The Labute approximate surface area is 190 Å². The van der Waals surface area contributed by atoms with Crippen LogP contribution >= 0.6 is 0 Å². The molecule has 0 fully saturated rings. The lowest BCUT2D eigenvalue weighted by Gasteiger charge is -2.24. The maximum absolute atomic E-state index is 12.3. The lowest BCUT2D eigenvalue weighted by atomic mass is 9.84. The highest BCUT2D eigenvalue weighted by molar-refractivity contribution is 5.92. The number of H-pyrrole nitrogens is 1. The molecule has 9 nitrogen and oxygen atoms in total. The molecule has 0 saturated carbocycles. The molecule has 0 radical (unpaired) electrons. The van der Waals surface area contributed by atoms with Crippen LogP contribution in [0.25, 0.3) is 0 Å². The summed E-state index contributed by atoms with van der Waals surface area (Å²) in [5.41, 5.74) is 10.2. The number of allylic oxidation sites excluding steroid dienone is 1. The van der Waals surface area contributed by atoms with Crippen molar-refractivity contribution in [2.24, 2.45) is 5.73 Å². The summed E-state index contributed by atoms with van der Waals surface area (Å²) in [6.07, 6.45) is 0. The van der Waals surface area contributed by atoms with Crippen molar-refractivity contribution in [3.8, 4) is 23.4 Å².